The largest absolute Gasteiger partial charge is 0.370 e. The summed E-state index contributed by atoms with van der Waals surface area (Å²) in [5.41, 5.74) is 5.50. The number of nitrogens with two attached hydrogens (primary N) is 1. The second-order valence-corrected chi connectivity index (χ2v) is 3.14. The lowest BCUT2D eigenvalue weighted by atomic mass is 10.5. The van der Waals surface area contributed by atoms with Crippen molar-refractivity contribution in [1.29, 1.82) is 0 Å². The van der Waals surface area contributed by atoms with Crippen LogP contribution in [-0.4, -0.2) is 49.0 Å². The lowest BCUT2D eigenvalue weighted by molar-refractivity contribution is -0.124. The number of halogens is 1. The van der Waals surface area contributed by atoms with E-state index >= 15 is 0 Å². The van der Waals surface area contributed by atoms with Crippen LogP contribution in [0.3, 0.4) is 0 Å². The first-order valence-electron chi connectivity index (χ1n) is 4.88. The van der Waals surface area contributed by atoms with Crippen LogP contribution in [0.5, 0.6) is 0 Å². The van der Waals surface area contributed by atoms with Crippen molar-refractivity contribution in [2.24, 2.45) is 10.7 Å². The Hall–Kier alpha value is -1.32. The smallest absolute Gasteiger partial charge is 0.324 e. The van der Waals surface area contributed by atoms with Crippen molar-refractivity contribution in [3.63, 3.8) is 0 Å². The molecule has 0 unspecified atom stereocenters. The maximum absolute atomic E-state index is 11.2. The zero-order valence-corrected chi connectivity index (χ0v) is 11.6. The molecule has 96 valence electrons. The molecule has 0 spiro atoms. The van der Waals surface area contributed by atoms with Crippen molar-refractivity contribution in [2.75, 3.05) is 26.2 Å². The minimum atomic E-state index is -0.377. The predicted molar refractivity (Wildman–Crippen MR) is 75.2 cm³/mol. The molecule has 0 aliphatic carbocycles. The summed E-state index contributed by atoms with van der Waals surface area (Å²) in [4.78, 5) is 27.4. The van der Waals surface area contributed by atoms with E-state index in [0.29, 0.717) is 6.54 Å². The highest BCUT2D eigenvalue weighted by molar-refractivity contribution is 14.0. The average Bonchev–Trinajstić information content (AvgIpc) is 2.57. The van der Waals surface area contributed by atoms with Crippen LogP contribution < -0.4 is 16.4 Å². The molecule has 0 aromatic heterocycles. The van der Waals surface area contributed by atoms with Gasteiger partial charge in [-0.2, -0.15) is 0 Å². The summed E-state index contributed by atoms with van der Waals surface area (Å²) in [6, 6.07) is -0.377. The maximum Gasteiger partial charge on any atom is 0.324 e. The summed E-state index contributed by atoms with van der Waals surface area (Å²) >= 11 is 0. The van der Waals surface area contributed by atoms with Gasteiger partial charge in [-0.15, -0.1) is 30.6 Å². The summed E-state index contributed by atoms with van der Waals surface area (Å²) in [5, 5.41) is 5.21. The molecular weight excluding hydrogens is 337 g/mol. The number of guanidine groups is 1. The second-order valence-electron chi connectivity index (χ2n) is 3.14. The lowest BCUT2D eigenvalue weighted by Gasteiger charge is -2.10. The number of nitrogens with one attached hydrogen (secondary N) is 2. The second kappa shape index (κ2) is 7.87. The Morgan fingerprint density at radius 1 is 1.65 bits per heavy atom. The van der Waals surface area contributed by atoms with Gasteiger partial charge in [0.15, 0.2) is 5.96 Å². The van der Waals surface area contributed by atoms with Gasteiger partial charge in [0, 0.05) is 6.54 Å². The molecule has 1 aliphatic heterocycles. The highest BCUT2D eigenvalue weighted by Gasteiger charge is 2.27. The number of rotatable bonds is 5. The van der Waals surface area contributed by atoms with Gasteiger partial charge in [0.2, 0.25) is 5.91 Å². The number of imide groups is 1. The first-order valence-corrected chi connectivity index (χ1v) is 4.88. The SMILES string of the molecule is C=CCNC(N)=NCCN1C(=O)CNC1=O.I. The number of urea groups is 1. The molecule has 0 aromatic rings. The first-order chi connectivity index (χ1) is 7.65. The lowest BCUT2D eigenvalue weighted by Crippen LogP contribution is -2.35. The molecule has 4 N–H and O–H groups in total. The highest BCUT2D eigenvalue weighted by atomic mass is 127. The van der Waals surface area contributed by atoms with E-state index in [1.54, 1.807) is 6.08 Å². The standard InChI is InChI=1S/C9H15N5O2.HI/c1-2-3-11-8(10)12-4-5-14-7(15)6-13-9(14)16;/h2H,1,3-6H2,(H,13,16)(H3,10,11,12);1H. The third-order valence-electron chi connectivity index (χ3n) is 1.97. The van der Waals surface area contributed by atoms with Crippen molar-refractivity contribution < 1.29 is 9.59 Å². The van der Waals surface area contributed by atoms with Crippen molar-refractivity contribution in [1.82, 2.24) is 15.5 Å². The van der Waals surface area contributed by atoms with E-state index in [1.807, 2.05) is 0 Å². The van der Waals surface area contributed by atoms with E-state index in [0.717, 1.165) is 4.90 Å². The van der Waals surface area contributed by atoms with Gasteiger partial charge < -0.3 is 16.4 Å². The van der Waals surface area contributed by atoms with Crippen LogP contribution in [-0.2, 0) is 4.79 Å². The molecular formula is C9H16IN5O2. The zero-order valence-electron chi connectivity index (χ0n) is 9.31. The molecule has 1 fully saturated rings. The van der Waals surface area contributed by atoms with E-state index in [4.69, 9.17) is 5.73 Å². The van der Waals surface area contributed by atoms with Gasteiger partial charge in [0.25, 0.3) is 0 Å². The highest BCUT2D eigenvalue weighted by Crippen LogP contribution is 1.97. The van der Waals surface area contributed by atoms with Crippen LogP contribution >= 0.6 is 24.0 Å². The Balaban J connectivity index is 0.00000256. The molecule has 1 aliphatic rings. The third kappa shape index (κ3) is 5.02. The topological polar surface area (TPSA) is 99.8 Å². The molecule has 8 heteroatoms. The molecule has 17 heavy (non-hydrogen) atoms. The van der Waals surface area contributed by atoms with Gasteiger partial charge in [0.1, 0.15) is 0 Å². The molecule has 7 nitrogen and oxygen atoms in total. The van der Waals surface area contributed by atoms with Gasteiger partial charge >= 0.3 is 6.03 Å². The number of carbonyl (C=O) groups is 2. The minimum absolute atomic E-state index is 0. The van der Waals surface area contributed by atoms with Crippen LogP contribution in [0.1, 0.15) is 0 Å². The first kappa shape index (κ1) is 15.7. The minimum Gasteiger partial charge on any atom is -0.370 e. The van der Waals surface area contributed by atoms with E-state index < -0.39 is 0 Å². The molecule has 3 amide bonds. The van der Waals surface area contributed by atoms with Gasteiger partial charge in [0.05, 0.1) is 19.6 Å². The van der Waals surface area contributed by atoms with Gasteiger partial charge in [-0.25, -0.2) is 4.79 Å². The number of amides is 3. The van der Waals surface area contributed by atoms with E-state index in [9.17, 15) is 9.59 Å². The third-order valence-corrected chi connectivity index (χ3v) is 1.97. The van der Waals surface area contributed by atoms with Crippen LogP contribution in [0.15, 0.2) is 17.6 Å². The summed E-state index contributed by atoms with van der Waals surface area (Å²) in [5.74, 6) is 0.0322. The van der Waals surface area contributed by atoms with Crippen molar-refractivity contribution >= 4 is 41.9 Å². The van der Waals surface area contributed by atoms with Crippen LogP contribution in [0.2, 0.25) is 0 Å². The molecule has 1 heterocycles. The number of hydrogen-bond donors (Lipinski definition) is 3. The number of carbonyl (C=O) groups excluding carboxylic acids is 2. The van der Waals surface area contributed by atoms with Gasteiger partial charge in [-0.05, 0) is 0 Å². The van der Waals surface area contributed by atoms with Crippen LogP contribution in [0.4, 0.5) is 4.79 Å². The monoisotopic (exact) mass is 353 g/mol. The fraction of sp³-hybridized carbons (Fsp3) is 0.444. The Labute approximate surface area is 117 Å². The summed E-state index contributed by atoms with van der Waals surface area (Å²) in [6.07, 6.45) is 1.65. The molecule has 0 aromatic carbocycles. The van der Waals surface area contributed by atoms with E-state index in [-0.39, 0.29) is 61.5 Å². The summed E-state index contributed by atoms with van der Waals surface area (Å²) < 4.78 is 0. The number of hydrogen-bond acceptors (Lipinski definition) is 3. The Morgan fingerprint density at radius 2 is 2.35 bits per heavy atom. The molecule has 1 rings (SSSR count). The maximum atomic E-state index is 11.2. The molecule has 0 saturated carbocycles. The van der Waals surface area contributed by atoms with Crippen LogP contribution in [0, 0.1) is 0 Å². The van der Waals surface area contributed by atoms with Gasteiger partial charge in [-0.3, -0.25) is 14.7 Å². The predicted octanol–water partition coefficient (Wildman–Crippen LogP) is -0.753. The Kier molecular flexibility index (Phi) is 7.26. The quantitative estimate of drug-likeness (QED) is 0.199. The van der Waals surface area contributed by atoms with Crippen molar-refractivity contribution in [3.8, 4) is 0 Å². The number of nitrogens with zero attached hydrogens (tertiary/aromatic N) is 2. The van der Waals surface area contributed by atoms with Crippen molar-refractivity contribution in [2.45, 2.75) is 0 Å². The van der Waals surface area contributed by atoms with E-state index in [1.165, 1.54) is 0 Å². The van der Waals surface area contributed by atoms with Crippen molar-refractivity contribution in [3.05, 3.63) is 12.7 Å². The fourth-order valence-corrected chi connectivity index (χ4v) is 1.18. The van der Waals surface area contributed by atoms with E-state index in [2.05, 4.69) is 22.2 Å². The molecule has 0 atom stereocenters. The molecule has 0 bridgehead atoms. The summed E-state index contributed by atoms with van der Waals surface area (Å²) in [6.45, 7) is 4.63. The Bertz CT molecular complexity index is 315. The fourth-order valence-electron chi connectivity index (χ4n) is 1.18. The Morgan fingerprint density at radius 3 is 2.88 bits per heavy atom. The summed E-state index contributed by atoms with van der Waals surface area (Å²) in [7, 11) is 0. The zero-order chi connectivity index (χ0) is 12.0. The number of aliphatic imine (C=N–C) groups is 1. The molecule has 0 radical (unpaired) electrons. The normalized spacial score (nSPS) is 15.3. The van der Waals surface area contributed by atoms with Gasteiger partial charge in [-0.1, -0.05) is 6.08 Å². The van der Waals surface area contributed by atoms with Crippen LogP contribution in [0.25, 0.3) is 0 Å². The average molecular weight is 353 g/mol. The molecule has 1 saturated heterocycles.